The van der Waals surface area contributed by atoms with E-state index < -0.39 is 16.1 Å². The Morgan fingerprint density at radius 1 is 1.27 bits per heavy atom. The summed E-state index contributed by atoms with van der Waals surface area (Å²) >= 11 is 0. The molecule has 2 aromatic carbocycles. The Labute approximate surface area is 178 Å². The number of benzene rings is 2. The van der Waals surface area contributed by atoms with Gasteiger partial charge in [0.25, 0.3) is 5.91 Å². The molecule has 1 heterocycles. The standard InChI is InChI=1S/C22H28N2O5S/c1-15(2)17-7-5-6-8-19(17)28-12-11-23-22(25)21-14-24(30(4,26)27)18-10-9-16(3)13-20(18)29-21/h5-10,13,15,21H,11-12,14H2,1-4H3,(H,23,25)/t21-/m0/s1. The molecule has 1 aliphatic rings. The second kappa shape index (κ2) is 8.95. The minimum Gasteiger partial charge on any atom is -0.491 e. The molecule has 30 heavy (non-hydrogen) atoms. The van der Waals surface area contributed by atoms with E-state index in [0.29, 0.717) is 24.0 Å². The predicted octanol–water partition coefficient (Wildman–Crippen LogP) is 2.84. The first-order chi connectivity index (χ1) is 14.2. The first-order valence-electron chi connectivity index (χ1n) is 9.91. The third kappa shape index (κ3) is 5.05. The fraction of sp³-hybridized carbons (Fsp3) is 0.409. The molecule has 0 aromatic heterocycles. The number of ether oxygens (including phenoxy) is 2. The maximum Gasteiger partial charge on any atom is 0.263 e. The van der Waals surface area contributed by atoms with Gasteiger partial charge in [0, 0.05) is 0 Å². The molecule has 7 nitrogen and oxygen atoms in total. The summed E-state index contributed by atoms with van der Waals surface area (Å²) in [7, 11) is -3.54. The van der Waals surface area contributed by atoms with Gasteiger partial charge in [-0.3, -0.25) is 9.10 Å². The summed E-state index contributed by atoms with van der Waals surface area (Å²) in [6, 6.07) is 13.1. The monoisotopic (exact) mass is 432 g/mol. The van der Waals surface area contributed by atoms with Crippen LogP contribution in [0.3, 0.4) is 0 Å². The highest BCUT2D eigenvalue weighted by atomic mass is 32.2. The average molecular weight is 433 g/mol. The normalized spacial score (nSPS) is 16.0. The number of rotatable bonds is 7. The molecule has 3 rings (SSSR count). The quantitative estimate of drug-likeness (QED) is 0.680. The van der Waals surface area contributed by atoms with Gasteiger partial charge in [0.15, 0.2) is 6.10 Å². The number of hydrogen-bond donors (Lipinski definition) is 1. The van der Waals surface area contributed by atoms with Crippen molar-refractivity contribution in [2.24, 2.45) is 0 Å². The van der Waals surface area contributed by atoms with Gasteiger partial charge >= 0.3 is 0 Å². The van der Waals surface area contributed by atoms with Gasteiger partial charge in [-0.15, -0.1) is 0 Å². The Bertz CT molecular complexity index is 1020. The van der Waals surface area contributed by atoms with Crippen molar-refractivity contribution in [2.45, 2.75) is 32.8 Å². The molecule has 0 spiro atoms. The van der Waals surface area contributed by atoms with Gasteiger partial charge < -0.3 is 14.8 Å². The van der Waals surface area contributed by atoms with Crippen LogP contribution < -0.4 is 19.1 Å². The lowest BCUT2D eigenvalue weighted by atomic mass is 10.0. The number of carbonyl (C=O) groups excluding carboxylic acids is 1. The Morgan fingerprint density at radius 2 is 2.00 bits per heavy atom. The van der Waals surface area contributed by atoms with E-state index in [0.717, 1.165) is 23.1 Å². The van der Waals surface area contributed by atoms with E-state index >= 15 is 0 Å². The number of hydrogen-bond acceptors (Lipinski definition) is 5. The van der Waals surface area contributed by atoms with Gasteiger partial charge in [-0.25, -0.2) is 8.42 Å². The van der Waals surface area contributed by atoms with Crippen molar-refractivity contribution < 1.29 is 22.7 Å². The average Bonchev–Trinajstić information content (AvgIpc) is 2.69. The van der Waals surface area contributed by atoms with Crippen molar-refractivity contribution in [1.82, 2.24) is 5.32 Å². The summed E-state index contributed by atoms with van der Waals surface area (Å²) in [5.41, 5.74) is 2.47. The molecule has 0 aliphatic carbocycles. The summed E-state index contributed by atoms with van der Waals surface area (Å²) in [4.78, 5) is 12.6. The maximum atomic E-state index is 12.6. The second-order valence-corrected chi connectivity index (χ2v) is 9.61. The molecule has 1 N–H and O–H groups in total. The van der Waals surface area contributed by atoms with Crippen molar-refractivity contribution >= 4 is 21.6 Å². The highest BCUT2D eigenvalue weighted by Gasteiger charge is 2.34. The molecule has 0 fully saturated rings. The molecule has 0 saturated heterocycles. The molecular formula is C22H28N2O5S. The Kier molecular flexibility index (Phi) is 6.55. The largest absolute Gasteiger partial charge is 0.491 e. The highest BCUT2D eigenvalue weighted by molar-refractivity contribution is 7.92. The summed E-state index contributed by atoms with van der Waals surface area (Å²) in [5.74, 6) is 1.13. The van der Waals surface area contributed by atoms with Gasteiger partial charge in [0.1, 0.15) is 18.1 Å². The van der Waals surface area contributed by atoms with Crippen LogP contribution >= 0.6 is 0 Å². The fourth-order valence-corrected chi connectivity index (χ4v) is 4.26. The van der Waals surface area contributed by atoms with Gasteiger partial charge in [-0.2, -0.15) is 0 Å². The van der Waals surface area contributed by atoms with Crippen LogP contribution in [0.1, 0.15) is 30.9 Å². The summed E-state index contributed by atoms with van der Waals surface area (Å²) in [6.07, 6.45) is 0.189. The SMILES string of the molecule is Cc1ccc2c(c1)O[C@H](C(=O)NCCOc1ccccc1C(C)C)CN2S(C)(=O)=O. The van der Waals surface area contributed by atoms with Crippen LogP contribution in [-0.2, 0) is 14.8 Å². The molecule has 0 bridgehead atoms. The van der Waals surface area contributed by atoms with E-state index in [-0.39, 0.29) is 19.0 Å². The van der Waals surface area contributed by atoms with E-state index in [4.69, 9.17) is 9.47 Å². The molecule has 2 aromatic rings. The number of carbonyl (C=O) groups is 1. The topological polar surface area (TPSA) is 84.9 Å². The zero-order chi connectivity index (χ0) is 21.9. The van der Waals surface area contributed by atoms with Gasteiger partial charge in [-0.05, 0) is 42.2 Å². The minimum atomic E-state index is -3.54. The molecule has 1 aliphatic heterocycles. The van der Waals surface area contributed by atoms with Crippen molar-refractivity contribution in [3.05, 3.63) is 53.6 Å². The molecule has 0 saturated carbocycles. The third-order valence-electron chi connectivity index (χ3n) is 4.88. The number of nitrogens with zero attached hydrogens (tertiary/aromatic N) is 1. The summed E-state index contributed by atoms with van der Waals surface area (Å²) in [6.45, 7) is 6.58. The number of sulfonamides is 1. The van der Waals surface area contributed by atoms with E-state index in [1.54, 1.807) is 12.1 Å². The molecule has 1 amide bonds. The summed E-state index contributed by atoms with van der Waals surface area (Å²) < 4.78 is 37.3. The lowest BCUT2D eigenvalue weighted by molar-refractivity contribution is -0.127. The molecule has 1 atom stereocenters. The van der Waals surface area contributed by atoms with E-state index in [9.17, 15) is 13.2 Å². The zero-order valence-corrected chi connectivity index (χ0v) is 18.5. The Balaban J connectivity index is 1.62. The van der Waals surface area contributed by atoms with E-state index in [2.05, 4.69) is 19.2 Å². The lowest BCUT2D eigenvalue weighted by Gasteiger charge is -2.34. The van der Waals surface area contributed by atoms with E-state index in [1.165, 1.54) is 4.31 Å². The third-order valence-corrected chi connectivity index (χ3v) is 6.02. The van der Waals surface area contributed by atoms with Crippen LogP contribution in [0.15, 0.2) is 42.5 Å². The molecule has 0 unspecified atom stereocenters. The van der Waals surface area contributed by atoms with Gasteiger partial charge in [0.2, 0.25) is 10.0 Å². The van der Waals surface area contributed by atoms with Crippen LogP contribution in [0, 0.1) is 6.92 Å². The van der Waals surface area contributed by atoms with Gasteiger partial charge in [0.05, 0.1) is 25.0 Å². The van der Waals surface area contributed by atoms with Crippen LogP contribution in [0.4, 0.5) is 5.69 Å². The second-order valence-electron chi connectivity index (χ2n) is 7.70. The molecule has 8 heteroatoms. The molecular weight excluding hydrogens is 404 g/mol. The number of anilines is 1. The lowest BCUT2D eigenvalue weighted by Crippen LogP contribution is -2.51. The zero-order valence-electron chi connectivity index (χ0n) is 17.7. The number of nitrogens with one attached hydrogen (secondary N) is 1. The maximum absolute atomic E-state index is 12.6. The summed E-state index contributed by atoms with van der Waals surface area (Å²) in [5, 5.41) is 2.78. The fourth-order valence-electron chi connectivity index (χ4n) is 3.35. The Morgan fingerprint density at radius 3 is 2.70 bits per heavy atom. The Hall–Kier alpha value is -2.74. The van der Waals surface area contributed by atoms with Crippen LogP contribution in [0.5, 0.6) is 11.5 Å². The van der Waals surface area contributed by atoms with E-state index in [1.807, 2.05) is 37.3 Å². The predicted molar refractivity (Wildman–Crippen MR) is 117 cm³/mol. The number of amides is 1. The number of fused-ring (bicyclic) bond motifs is 1. The van der Waals surface area contributed by atoms with Crippen molar-refractivity contribution in [2.75, 3.05) is 30.3 Å². The van der Waals surface area contributed by atoms with Crippen LogP contribution in [0.2, 0.25) is 0 Å². The smallest absolute Gasteiger partial charge is 0.263 e. The molecule has 162 valence electrons. The van der Waals surface area contributed by atoms with Crippen molar-refractivity contribution in [3.8, 4) is 11.5 Å². The number of aryl methyl sites for hydroxylation is 1. The number of para-hydroxylation sites is 1. The van der Waals surface area contributed by atoms with Crippen LogP contribution in [-0.4, -0.2) is 46.4 Å². The first-order valence-corrected chi connectivity index (χ1v) is 11.8. The molecule has 0 radical (unpaired) electrons. The highest BCUT2D eigenvalue weighted by Crippen LogP contribution is 2.35. The van der Waals surface area contributed by atoms with Crippen molar-refractivity contribution in [3.63, 3.8) is 0 Å². The van der Waals surface area contributed by atoms with Crippen molar-refractivity contribution in [1.29, 1.82) is 0 Å². The van der Waals surface area contributed by atoms with Gasteiger partial charge in [-0.1, -0.05) is 38.1 Å². The minimum absolute atomic E-state index is 0.0717. The van der Waals surface area contributed by atoms with Crippen LogP contribution in [0.25, 0.3) is 0 Å². The first kappa shape index (κ1) is 22.0.